The monoisotopic (exact) mass is 364 g/mol. The fraction of sp³-hybridized carbons (Fsp3) is 0.368. The summed E-state index contributed by atoms with van der Waals surface area (Å²) in [6.45, 7) is 6.52. The van der Waals surface area contributed by atoms with Crippen molar-refractivity contribution < 1.29 is 13.5 Å². The summed E-state index contributed by atoms with van der Waals surface area (Å²) < 4.78 is 32.4. The summed E-state index contributed by atoms with van der Waals surface area (Å²) in [5.74, 6) is -0.842. The van der Waals surface area contributed by atoms with Crippen LogP contribution in [0, 0.1) is 18.6 Å². The molecular formula is C19H22F2N2OS. The fourth-order valence-corrected chi connectivity index (χ4v) is 2.64. The highest BCUT2D eigenvalue weighted by molar-refractivity contribution is 7.80. The maximum Gasteiger partial charge on any atom is 0.214 e. The number of nitrogens with zero attached hydrogens (tertiary/aromatic N) is 2. The average molecular weight is 364 g/mol. The van der Waals surface area contributed by atoms with Gasteiger partial charge in [0.05, 0.1) is 4.99 Å². The predicted octanol–water partition coefficient (Wildman–Crippen LogP) is 4.63. The van der Waals surface area contributed by atoms with Crippen molar-refractivity contribution in [2.24, 2.45) is 0 Å². The van der Waals surface area contributed by atoms with Crippen molar-refractivity contribution in [2.45, 2.75) is 33.3 Å². The smallest absolute Gasteiger partial charge is 0.214 e. The average Bonchev–Trinajstić information content (AvgIpc) is 2.55. The van der Waals surface area contributed by atoms with Crippen molar-refractivity contribution in [2.75, 3.05) is 13.6 Å². The zero-order chi connectivity index (χ0) is 18.6. The first-order valence-corrected chi connectivity index (χ1v) is 8.54. The molecule has 134 valence electrons. The van der Waals surface area contributed by atoms with Gasteiger partial charge in [-0.15, -0.1) is 0 Å². The van der Waals surface area contributed by atoms with Crippen molar-refractivity contribution in [3.8, 4) is 5.88 Å². The number of aryl methyl sites for hydroxylation is 1. The molecule has 6 heteroatoms. The second kappa shape index (κ2) is 8.34. The van der Waals surface area contributed by atoms with Crippen molar-refractivity contribution >= 4 is 17.2 Å². The molecule has 0 bridgehead atoms. The molecule has 0 saturated carbocycles. The molecule has 0 aliphatic carbocycles. The summed E-state index contributed by atoms with van der Waals surface area (Å²) in [5.41, 5.74) is 2.27. The van der Waals surface area contributed by atoms with Crippen LogP contribution in [-0.2, 0) is 6.42 Å². The van der Waals surface area contributed by atoms with Crippen molar-refractivity contribution in [1.82, 2.24) is 9.88 Å². The van der Waals surface area contributed by atoms with Crippen LogP contribution in [0.1, 0.15) is 36.8 Å². The predicted molar refractivity (Wildman–Crippen MR) is 99.0 cm³/mol. The largest absolute Gasteiger partial charge is 0.470 e. The van der Waals surface area contributed by atoms with Gasteiger partial charge in [-0.3, -0.25) is 0 Å². The molecule has 0 amide bonds. The Hall–Kier alpha value is -2.08. The van der Waals surface area contributed by atoms with Crippen LogP contribution < -0.4 is 4.74 Å². The van der Waals surface area contributed by atoms with Gasteiger partial charge < -0.3 is 9.64 Å². The molecule has 0 radical (unpaired) electrons. The normalized spacial score (nSPS) is 11.9. The van der Waals surface area contributed by atoms with E-state index in [1.165, 1.54) is 12.1 Å². The van der Waals surface area contributed by atoms with Gasteiger partial charge in [-0.2, -0.15) is 0 Å². The molecule has 0 aliphatic rings. The minimum absolute atomic E-state index is 0.410. The molecule has 0 N–H and O–H groups in total. The summed E-state index contributed by atoms with van der Waals surface area (Å²) in [6.07, 6.45) is 0.124. The molecule has 1 atom stereocenters. The Morgan fingerprint density at radius 2 is 1.88 bits per heavy atom. The molecule has 0 saturated heterocycles. The topological polar surface area (TPSA) is 25.4 Å². The Morgan fingerprint density at radius 1 is 1.24 bits per heavy atom. The highest BCUT2D eigenvalue weighted by atomic mass is 32.1. The molecule has 0 fully saturated rings. The summed E-state index contributed by atoms with van der Waals surface area (Å²) >= 11 is 5.40. The Labute approximate surface area is 152 Å². The van der Waals surface area contributed by atoms with Crippen molar-refractivity contribution in [1.29, 1.82) is 0 Å². The fourth-order valence-electron chi connectivity index (χ4n) is 2.35. The number of halogens is 2. The van der Waals surface area contributed by atoms with E-state index in [1.807, 2.05) is 31.9 Å². The van der Waals surface area contributed by atoms with E-state index >= 15 is 0 Å². The van der Waals surface area contributed by atoms with Crippen LogP contribution in [-0.4, -0.2) is 28.5 Å². The zero-order valence-electron chi connectivity index (χ0n) is 14.8. The van der Waals surface area contributed by atoms with Crippen LogP contribution in [0.4, 0.5) is 8.78 Å². The first kappa shape index (κ1) is 19.2. The third-order valence-corrected chi connectivity index (χ3v) is 4.52. The SMILES string of the molecule is CCN(C)C(=S)Cc1ccc(OC(C)c2cc(F)cc(F)c2)nc1C. The maximum absolute atomic E-state index is 13.3. The molecule has 1 aromatic heterocycles. The molecule has 1 aromatic carbocycles. The molecule has 0 aliphatic heterocycles. The highest BCUT2D eigenvalue weighted by Crippen LogP contribution is 2.23. The number of thiocarbonyl (C=S) groups is 1. The van der Waals surface area contributed by atoms with Crippen LogP contribution in [0.3, 0.4) is 0 Å². The number of hydrogen-bond donors (Lipinski definition) is 0. The molecule has 0 spiro atoms. The summed E-state index contributed by atoms with van der Waals surface area (Å²) in [5, 5.41) is 0. The van der Waals surface area contributed by atoms with E-state index in [-0.39, 0.29) is 0 Å². The molecular weight excluding hydrogens is 342 g/mol. The molecule has 25 heavy (non-hydrogen) atoms. The van der Waals surface area contributed by atoms with Gasteiger partial charge in [0.15, 0.2) is 0 Å². The minimum atomic E-state index is -0.626. The van der Waals surface area contributed by atoms with E-state index in [0.29, 0.717) is 17.9 Å². The Kier molecular flexibility index (Phi) is 6.42. The summed E-state index contributed by atoms with van der Waals surface area (Å²) in [7, 11) is 1.96. The Balaban J connectivity index is 2.10. The number of pyridine rings is 1. The van der Waals surface area contributed by atoms with Gasteiger partial charge >= 0.3 is 0 Å². The van der Waals surface area contributed by atoms with Gasteiger partial charge in [0.1, 0.15) is 17.7 Å². The van der Waals surface area contributed by atoms with Gasteiger partial charge in [0.2, 0.25) is 5.88 Å². The molecule has 1 unspecified atom stereocenters. The van der Waals surface area contributed by atoms with E-state index in [4.69, 9.17) is 17.0 Å². The first-order chi connectivity index (χ1) is 11.8. The van der Waals surface area contributed by atoms with Crippen molar-refractivity contribution in [3.63, 3.8) is 0 Å². The number of hydrogen-bond acceptors (Lipinski definition) is 3. The van der Waals surface area contributed by atoms with Gasteiger partial charge in [0.25, 0.3) is 0 Å². The van der Waals surface area contributed by atoms with E-state index in [9.17, 15) is 8.78 Å². The lowest BCUT2D eigenvalue weighted by Gasteiger charge is -2.19. The minimum Gasteiger partial charge on any atom is -0.470 e. The first-order valence-electron chi connectivity index (χ1n) is 8.13. The third kappa shape index (κ3) is 5.19. The van der Waals surface area contributed by atoms with Gasteiger partial charge in [0, 0.05) is 37.8 Å². The van der Waals surface area contributed by atoms with Crippen LogP contribution >= 0.6 is 12.2 Å². The molecule has 3 nitrogen and oxygen atoms in total. The number of ether oxygens (including phenoxy) is 1. The van der Waals surface area contributed by atoms with Crippen LogP contribution in [0.15, 0.2) is 30.3 Å². The zero-order valence-corrected chi connectivity index (χ0v) is 15.7. The highest BCUT2D eigenvalue weighted by Gasteiger charge is 2.13. The maximum atomic E-state index is 13.3. The number of rotatable bonds is 6. The van der Waals surface area contributed by atoms with Gasteiger partial charge in [-0.05, 0) is 44.0 Å². The molecule has 2 aromatic rings. The quantitative estimate of drug-likeness (QED) is 0.698. The standard InChI is InChI=1S/C19H22F2N2OS/c1-5-23(4)19(25)10-14-6-7-18(22-12(14)2)24-13(3)15-8-16(20)11-17(21)9-15/h6-9,11,13H,5,10H2,1-4H3. The Morgan fingerprint density at radius 3 is 2.44 bits per heavy atom. The van der Waals surface area contributed by atoms with Crippen LogP contribution in [0.25, 0.3) is 0 Å². The second-order valence-electron chi connectivity index (χ2n) is 5.94. The molecule has 2 rings (SSSR count). The van der Waals surface area contributed by atoms with E-state index in [1.54, 1.807) is 13.0 Å². The molecule has 1 heterocycles. The summed E-state index contributed by atoms with van der Waals surface area (Å²) in [4.78, 5) is 7.30. The third-order valence-electron chi connectivity index (χ3n) is 4.06. The van der Waals surface area contributed by atoms with Crippen LogP contribution in [0.5, 0.6) is 5.88 Å². The Bertz CT molecular complexity index is 747. The van der Waals surface area contributed by atoms with Crippen molar-refractivity contribution in [3.05, 3.63) is 58.8 Å². The van der Waals surface area contributed by atoms with Crippen LogP contribution in [0.2, 0.25) is 0 Å². The lowest BCUT2D eigenvalue weighted by atomic mass is 10.1. The van der Waals surface area contributed by atoms with E-state index in [2.05, 4.69) is 4.98 Å². The van der Waals surface area contributed by atoms with E-state index in [0.717, 1.165) is 28.9 Å². The van der Waals surface area contributed by atoms with E-state index < -0.39 is 17.7 Å². The number of aromatic nitrogens is 1. The second-order valence-corrected chi connectivity index (χ2v) is 6.41. The number of likely N-dealkylation sites (N-methyl/N-ethyl adjacent to an activating group) is 1. The lowest BCUT2D eigenvalue weighted by molar-refractivity contribution is 0.216. The number of benzene rings is 1. The van der Waals surface area contributed by atoms with Gasteiger partial charge in [-0.25, -0.2) is 13.8 Å². The summed E-state index contributed by atoms with van der Waals surface area (Å²) in [6, 6.07) is 7.03. The van der Waals surface area contributed by atoms with Gasteiger partial charge in [-0.1, -0.05) is 18.3 Å². The lowest BCUT2D eigenvalue weighted by Crippen LogP contribution is -2.26.